The van der Waals surface area contributed by atoms with Gasteiger partial charge < -0.3 is 8.83 Å². The van der Waals surface area contributed by atoms with Gasteiger partial charge in [-0.1, -0.05) is 103 Å². The number of para-hydroxylation sites is 2. The van der Waals surface area contributed by atoms with Gasteiger partial charge in [0, 0.05) is 43.6 Å². The van der Waals surface area contributed by atoms with Gasteiger partial charge in [0.15, 0.2) is 17.5 Å². The van der Waals surface area contributed by atoms with Crippen LogP contribution in [0.3, 0.4) is 0 Å². The topological polar surface area (TPSA) is 65.0 Å². The number of hydrogen-bond acceptors (Lipinski definition) is 5. The Bertz CT molecular complexity index is 2810. The number of benzene rings is 7. The normalized spacial score (nSPS) is 11.9. The molecule has 0 amide bonds. The molecule has 10 rings (SSSR count). The molecule has 0 atom stereocenters. The lowest BCUT2D eigenvalue weighted by Crippen LogP contribution is -2.00. The maximum Gasteiger partial charge on any atom is 0.164 e. The molecule has 0 spiro atoms. The molecule has 214 valence electrons. The number of rotatable bonds is 3. The standard InChI is InChI=1S/C41H23N3O2/c1-2-8-26(9-3-1)39-42-40(44-41(43-39)28-18-20-30-29-10-4-6-12-33(29)46-36(30)23-28)27-17-15-24-14-16-25-19-21-35-38(37(25)32(24)22-27)31-11-5-7-13-34(31)45-35/h1-23H. The van der Waals surface area contributed by atoms with E-state index in [0.717, 1.165) is 82.1 Å². The summed E-state index contributed by atoms with van der Waals surface area (Å²) in [7, 11) is 0. The largest absolute Gasteiger partial charge is 0.456 e. The summed E-state index contributed by atoms with van der Waals surface area (Å²) >= 11 is 0. The molecule has 5 nitrogen and oxygen atoms in total. The Morgan fingerprint density at radius 3 is 1.72 bits per heavy atom. The van der Waals surface area contributed by atoms with Gasteiger partial charge in [0.05, 0.1) is 0 Å². The third-order valence-electron chi connectivity index (χ3n) is 8.90. The van der Waals surface area contributed by atoms with Crippen molar-refractivity contribution in [2.45, 2.75) is 0 Å². The predicted octanol–water partition coefficient (Wildman–Crippen LogP) is 11.0. The molecule has 0 N–H and O–H groups in total. The maximum absolute atomic E-state index is 6.26. The summed E-state index contributed by atoms with van der Waals surface area (Å²) in [5.74, 6) is 1.82. The summed E-state index contributed by atoms with van der Waals surface area (Å²) in [6.45, 7) is 0. The molecule has 3 heterocycles. The molecule has 7 aromatic carbocycles. The summed E-state index contributed by atoms with van der Waals surface area (Å²) in [6.07, 6.45) is 0. The van der Waals surface area contributed by atoms with E-state index in [1.807, 2.05) is 66.7 Å². The van der Waals surface area contributed by atoms with Crippen LogP contribution in [0.25, 0.3) is 99.6 Å². The van der Waals surface area contributed by atoms with E-state index in [2.05, 4.69) is 72.8 Å². The monoisotopic (exact) mass is 589 g/mol. The van der Waals surface area contributed by atoms with E-state index in [4.69, 9.17) is 23.8 Å². The van der Waals surface area contributed by atoms with Crippen molar-refractivity contribution in [3.63, 3.8) is 0 Å². The minimum absolute atomic E-state index is 0.590. The summed E-state index contributed by atoms with van der Waals surface area (Å²) < 4.78 is 12.5. The fourth-order valence-electron chi connectivity index (χ4n) is 6.71. The molecular formula is C41H23N3O2. The van der Waals surface area contributed by atoms with Gasteiger partial charge in [-0.3, -0.25) is 0 Å². The molecule has 0 unspecified atom stereocenters. The molecule has 0 saturated carbocycles. The number of hydrogen-bond donors (Lipinski definition) is 0. The summed E-state index contributed by atoms with van der Waals surface area (Å²) in [6, 6.07) is 47.6. The van der Waals surface area contributed by atoms with Crippen LogP contribution in [-0.4, -0.2) is 15.0 Å². The Morgan fingerprint density at radius 1 is 0.326 bits per heavy atom. The van der Waals surface area contributed by atoms with E-state index in [9.17, 15) is 0 Å². The van der Waals surface area contributed by atoms with Crippen LogP contribution in [0, 0.1) is 0 Å². The number of nitrogens with zero attached hydrogens (tertiary/aromatic N) is 3. The van der Waals surface area contributed by atoms with E-state index < -0.39 is 0 Å². The Labute approximate surface area is 262 Å². The smallest absolute Gasteiger partial charge is 0.164 e. The second-order valence-corrected chi connectivity index (χ2v) is 11.6. The van der Waals surface area contributed by atoms with Crippen LogP contribution < -0.4 is 0 Å². The van der Waals surface area contributed by atoms with Crippen molar-refractivity contribution in [2.75, 3.05) is 0 Å². The molecule has 0 radical (unpaired) electrons. The van der Waals surface area contributed by atoms with E-state index in [0.29, 0.717) is 17.5 Å². The van der Waals surface area contributed by atoms with Gasteiger partial charge >= 0.3 is 0 Å². The molecule has 0 aliphatic carbocycles. The third kappa shape index (κ3) is 3.79. The molecule has 3 aromatic heterocycles. The lowest BCUT2D eigenvalue weighted by Gasteiger charge is -2.10. The van der Waals surface area contributed by atoms with Gasteiger partial charge in [-0.2, -0.15) is 0 Å². The van der Waals surface area contributed by atoms with Crippen molar-refractivity contribution in [3.8, 4) is 34.2 Å². The Balaban J connectivity index is 1.22. The highest BCUT2D eigenvalue weighted by Gasteiger charge is 2.17. The molecule has 0 saturated heterocycles. The van der Waals surface area contributed by atoms with Crippen molar-refractivity contribution < 1.29 is 8.83 Å². The van der Waals surface area contributed by atoms with Gasteiger partial charge in [-0.15, -0.1) is 0 Å². The highest BCUT2D eigenvalue weighted by Crippen LogP contribution is 2.39. The van der Waals surface area contributed by atoms with E-state index >= 15 is 0 Å². The minimum atomic E-state index is 0.590. The molecule has 5 heteroatoms. The fraction of sp³-hybridized carbons (Fsp3) is 0. The molecular weight excluding hydrogens is 566 g/mol. The van der Waals surface area contributed by atoms with Crippen LogP contribution in [0.5, 0.6) is 0 Å². The molecule has 10 aromatic rings. The number of aromatic nitrogens is 3. The van der Waals surface area contributed by atoms with E-state index in [-0.39, 0.29) is 0 Å². The highest BCUT2D eigenvalue weighted by atomic mass is 16.3. The first-order chi connectivity index (χ1) is 22.8. The average Bonchev–Trinajstić information content (AvgIpc) is 3.69. The van der Waals surface area contributed by atoms with Crippen molar-refractivity contribution in [3.05, 3.63) is 140 Å². The number of fused-ring (bicyclic) bond motifs is 10. The van der Waals surface area contributed by atoms with Crippen LogP contribution >= 0.6 is 0 Å². The Hall–Kier alpha value is -6.33. The first kappa shape index (κ1) is 25.0. The predicted molar refractivity (Wildman–Crippen MR) is 186 cm³/mol. The molecule has 0 aliphatic heterocycles. The third-order valence-corrected chi connectivity index (χ3v) is 8.90. The average molecular weight is 590 g/mol. The van der Waals surface area contributed by atoms with Crippen molar-refractivity contribution >= 4 is 65.4 Å². The summed E-state index contributed by atoms with van der Waals surface area (Å²) in [4.78, 5) is 15.1. The second kappa shape index (κ2) is 9.58. The van der Waals surface area contributed by atoms with Crippen LogP contribution in [0.1, 0.15) is 0 Å². The highest BCUT2D eigenvalue weighted by molar-refractivity contribution is 6.26. The quantitative estimate of drug-likeness (QED) is 0.192. The van der Waals surface area contributed by atoms with Crippen molar-refractivity contribution in [1.29, 1.82) is 0 Å². The fourth-order valence-corrected chi connectivity index (χ4v) is 6.71. The molecule has 0 bridgehead atoms. The van der Waals surface area contributed by atoms with Gasteiger partial charge in [0.1, 0.15) is 22.3 Å². The van der Waals surface area contributed by atoms with Gasteiger partial charge in [0.25, 0.3) is 0 Å². The Kier molecular flexibility index (Phi) is 5.22. The first-order valence-corrected chi connectivity index (χ1v) is 15.3. The molecule has 46 heavy (non-hydrogen) atoms. The lowest BCUT2D eigenvalue weighted by atomic mass is 9.96. The zero-order valence-corrected chi connectivity index (χ0v) is 24.4. The van der Waals surface area contributed by atoms with Crippen LogP contribution in [-0.2, 0) is 0 Å². The maximum atomic E-state index is 6.26. The first-order valence-electron chi connectivity index (χ1n) is 15.3. The van der Waals surface area contributed by atoms with Crippen molar-refractivity contribution in [2.24, 2.45) is 0 Å². The van der Waals surface area contributed by atoms with Crippen molar-refractivity contribution in [1.82, 2.24) is 15.0 Å². The lowest BCUT2D eigenvalue weighted by molar-refractivity contribution is 0.668. The zero-order chi connectivity index (χ0) is 30.2. The molecule has 0 fully saturated rings. The van der Waals surface area contributed by atoms with Crippen LogP contribution in [0.15, 0.2) is 148 Å². The van der Waals surface area contributed by atoms with E-state index in [1.54, 1.807) is 0 Å². The zero-order valence-electron chi connectivity index (χ0n) is 24.4. The van der Waals surface area contributed by atoms with Gasteiger partial charge in [-0.05, 0) is 52.6 Å². The van der Waals surface area contributed by atoms with Gasteiger partial charge in [0.2, 0.25) is 0 Å². The van der Waals surface area contributed by atoms with Crippen LogP contribution in [0.4, 0.5) is 0 Å². The van der Waals surface area contributed by atoms with E-state index in [1.165, 1.54) is 0 Å². The number of furan rings is 2. The Morgan fingerprint density at radius 2 is 0.891 bits per heavy atom. The molecule has 0 aliphatic rings. The minimum Gasteiger partial charge on any atom is -0.456 e. The van der Waals surface area contributed by atoms with Gasteiger partial charge in [-0.25, -0.2) is 15.0 Å². The second-order valence-electron chi connectivity index (χ2n) is 11.6. The SMILES string of the molecule is c1ccc(-c2nc(-c3ccc4c(c3)oc3ccccc34)nc(-c3ccc4ccc5ccc6oc7ccccc7c6c5c4c3)n2)cc1. The van der Waals surface area contributed by atoms with Crippen LogP contribution in [0.2, 0.25) is 0 Å². The summed E-state index contributed by atoms with van der Waals surface area (Å²) in [5, 5.41) is 8.97. The summed E-state index contributed by atoms with van der Waals surface area (Å²) in [5.41, 5.74) is 6.13.